The Kier molecular flexibility index (Phi) is 2.09. The van der Waals surface area contributed by atoms with Crippen molar-refractivity contribution in [1.82, 2.24) is 5.16 Å². The number of nitrogens with zero attached hydrogens (tertiary/aromatic N) is 1. The van der Waals surface area contributed by atoms with E-state index in [9.17, 15) is 0 Å². The lowest BCUT2D eigenvalue weighted by atomic mass is 10.1. The average molecular weight is 231 g/mol. The van der Waals surface area contributed by atoms with Gasteiger partial charge in [0.05, 0.1) is 0 Å². The van der Waals surface area contributed by atoms with Crippen molar-refractivity contribution in [3.63, 3.8) is 0 Å². The zero-order valence-corrected chi connectivity index (χ0v) is 8.30. The third-order valence-corrected chi connectivity index (χ3v) is 3.21. The van der Waals surface area contributed by atoms with Gasteiger partial charge in [0.25, 0.3) is 0 Å². The Bertz CT molecular complexity index is 279. The van der Waals surface area contributed by atoms with Crippen LogP contribution in [0.4, 0.5) is 5.82 Å². The molecule has 3 nitrogen and oxygen atoms in total. The Morgan fingerprint density at radius 3 is 2.58 bits per heavy atom. The van der Waals surface area contributed by atoms with Crippen LogP contribution in [0.3, 0.4) is 0 Å². The molecule has 0 saturated heterocycles. The summed E-state index contributed by atoms with van der Waals surface area (Å²) in [6, 6.07) is 0. The van der Waals surface area contributed by atoms with E-state index in [4.69, 9.17) is 10.3 Å². The van der Waals surface area contributed by atoms with Crippen LogP contribution in [0.25, 0.3) is 0 Å². The topological polar surface area (TPSA) is 52.0 Å². The van der Waals surface area contributed by atoms with Gasteiger partial charge >= 0.3 is 0 Å². The number of rotatable bonds is 1. The second-order valence-corrected chi connectivity index (χ2v) is 4.02. The van der Waals surface area contributed by atoms with Crippen LogP contribution in [0, 0.1) is 0 Å². The third kappa shape index (κ3) is 1.24. The van der Waals surface area contributed by atoms with E-state index in [2.05, 4.69) is 21.1 Å². The SMILES string of the molecule is Nc1noc(C2CCCC2)c1Br. The molecule has 1 aromatic rings. The molecule has 1 aliphatic rings. The van der Waals surface area contributed by atoms with E-state index in [-0.39, 0.29) is 0 Å². The minimum absolute atomic E-state index is 0.469. The molecule has 4 heteroatoms. The normalized spacial score (nSPS) is 18.8. The summed E-state index contributed by atoms with van der Waals surface area (Å²) in [5.74, 6) is 1.94. The van der Waals surface area contributed by atoms with Crippen molar-refractivity contribution >= 4 is 21.7 Å². The van der Waals surface area contributed by atoms with Gasteiger partial charge in [-0.3, -0.25) is 0 Å². The molecule has 2 rings (SSSR count). The molecule has 0 aliphatic heterocycles. The maximum absolute atomic E-state index is 5.56. The van der Waals surface area contributed by atoms with Crippen LogP contribution in [0.5, 0.6) is 0 Å². The van der Waals surface area contributed by atoms with E-state index in [1.54, 1.807) is 0 Å². The lowest BCUT2D eigenvalue weighted by Crippen LogP contribution is -1.90. The second-order valence-electron chi connectivity index (χ2n) is 3.23. The molecule has 2 N–H and O–H groups in total. The number of nitrogen functional groups attached to an aromatic ring is 1. The van der Waals surface area contributed by atoms with Gasteiger partial charge in [-0.1, -0.05) is 18.0 Å². The summed E-state index contributed by atoms with van der Waals surface area (Å²) in [5, 5.41) is 3.72. The van der Waals surface area contributed by atoms with Crippen molar-refractivity contribution in [3.8, 4) is 0 Å². The molecule has 0 atom stereocenters. The fourth-order valence-corrected chi connectivity index (χ4v) is 2.21. The van der Waals surface area contributed by atoms with Crippen LogP contribution in [0.2, 0.25) is 0 Å². The van der Waals surface area contributed by atoms with E-state index in [0.29, 0.717) is 11.7 Å². The smallest absolute Gasteiger partial charge is 0.181 e. The molecule has 0 amide bonds. The summed E-state index contributed by atoms with van der Waals surface area (Å²) in [6.07, 6.45) is 4.98. The van der Waals surface area contributed by atoms with Gasteiger partial charge in [-0.05, 0) is 28.8 Å². The summed E-state index contributed by atoms with van der Waals surface area (Å²) >= 11 is 3.38. The van der Waals surface area contributed by atoms with Gasteiger partial charge in [0, 0.05) is 5.92 Å². The van der Waals surface area contributed by atoms with Gasteiger partial charge in [-0.25, -0.2) is 0 Å². The van der Waals surface area contributed by atoms with Gasteiger partial charge in [-0.15, -0.1) is 0 Å². The average Bonchev–Trinajstić information content (AvgIpc) is 2.64. The van der Waals surface area contributed by atoms with Crippen molar-refractivity contribution in [2.45, 2.75) is 31.6 Å². The van der Waals surface area contributed by atoms with Crippen LogP contribution in [-0.4, -0.2) is 5.16 Å². The minimum atomic E-state index is 0.469. The zero-order chi connectivity index (χ0) is 8.55. The van der Waals surface area contributed by atoms with E-state index in [1.807, 2.05) is 0 Å². The quantitative estimate of drug-likeness (QED) is 0.808. The highest BCUT2D eigenvalue weighted by Crippen LogP contribution is 2.39. The minimum Gasteiger partial charge on any atom is -0.380 e. The van der Waals surface area contributed by atoms with E-state index < -0.39 is 0 Å². The van der Waals surface area contributed by atoms with Crippen LogP contribution in [0.1, 0.15) is 37.4 Å². The molecule has 0 unspecified atom stereocenters. The Morgan fingerprint density at radius 1 is 1.42 bits per heavy atom. The zero-order valence-electron chi connectivity index (χ0n) is 6.72. The fourth-order valence-electron chi connectivity index (χ4n) is 1.75. The van der Waals surface area contributed by atoms with Crippen molar-refractivity contribution in [1.29, 1.82) is 0 Å². The summed E-state index contributed by atoms with van der Waals surface area (Å²) in [7, 11) is 0. The molecule has 1 aromatic heterocycles. The molecular weight excluding hydrogens is 220 g/mol. The maximum Gasteiger partial charge on any atom is 0.181 e. The molecule has 1 heterocycles. The Morgan fingerprint density at radius 2 is 2.08 bits per heavy atom. The lowest BCUT2D eigenvalue weighted by molar-refractivity contribution is 0.361. The molecule has 1 fully saturated rings. The highest BCUT2D eigenvalue weighted by molar-refractivity contribution is 9.10. The first-order valence-electron chi connectivity index (χ1n) is 4.19. The molecule has 1 saturated carbocycles. The van der Waals surface area contributed by atoms with Crippen LogP contribution in [-0.2, 0) is 0 Å². The Hall–Kier alpha value is -0.510. The molecule has 12 heavy (non-hydrogen) atoms. The summed E-state index contributed by atoms with van der Waals surface area (Å²) in [6.45, 7) is 0. The summed E-state index contributed by atoms with van der Waals surface area (Å²) in [5.41, 5.74) is 5.56. The number of halogens is 1. The molecule has 1 aliphatic carbocycles. The number of hydrogen-bond donors (Lipinski definition) is 1. The second kappa shape index (κ2) is 3.09. The lowest BCUT2D eigenvalue weighted by Gasteiger charge is -2.02. The predicted octanol–water partition coefficient (Wildman–Crippen LogP) is 2.68. The highest BCUT2D eigenvalue weighted by atomic mass is 79.9. The van der Waals surface area contributed by atoms with Crippen molar-refractivity contribution in [2.75, 3.05) is 5.73 Å². The molecule has 0 bridgehead atoms. The van der Waals surface area contributed by atoms with Gasteiger partial charge in [0.2, 0.25) is 0 Å². The highest BCUT2D eigenvalue weighted by Gasteiger charge is 2.24. The monoisotopic (exact) mass is 230 g/mol. The largest absolute Gasteiger partial charge is 0.380 e. The van der Waals surface area contributed by atoms with E-state index in [0.717, 1.165) is 10.2 Å². The number of aromatic nitrogens is 1. The Balaban J connectivity index is 2.26. The van der Waals surface area contributed by atoms with Gasteiger partial charge in [0.1, 0.15) is 4.47 Å². The molecule has 66 valence electrons. The Labute approximate surface area is 79.4 Å². The van der Waals surface area contributed by atoms with Gasteiger partial charge < -0.3 is 10.3 Å². The number of nitrogens with two attached hydrogens (primary N) is 1. The summed E-state index contributed by atoms with van der Waals surface area (Å²) < 4.78 is 6.01. The number of anilines is 1. The first-order chi connectivity index (χ1) is 5.79. The fraction of sp³-hybridized carbons (Fsp3) is 0.625. The summed E-state index contributed by atoms with van der Waals surface area (Å²) in [4.78, 5) is 0. The van der Waals surface area contributed by atoms with Crippen molar-refractivity contribution in [2.24, 2.45) is 0 Å². The standard InChI is InChI=1S/C8H11BrN2O/c9-6-7(12-11-8(6)10)5-3-1-2-4-5/h5H,1-4H2,(H2,10,11). The van der Waals surface area contributed by atoms with Gasteiger partial charge in [0.15, 0.2) is 11.6 Å². The molecule has 0 aromatic carbocycles. The first kappa shape index (κ1) is 8.10. The van der Waals surface area contributed by atoms with Gasteiger partial charge in [-0.2, -0.15) is 0 Å². The first-order valence-corrected chi connectivity index (χ1v) is 4.99. The molecule has 0 spiro atoms. The van der Waals surface area contributed by atoms with Crippen molar-refractivity contribution in [3.05, 3.63) is 10.2 Å². The third-order valence-electron chi connectivity index (χ3n) is 2.41. The van der Waals surface area contributed by atoms with E-state index >= 15 is 0 Å². The van der Waals surface area contributed by atoms with Crippen LogP contribution in [0.15, 0.2) is 9.00 Å². The molecule has 0 radical (unpaired) electrons. The maximum atomic E-state index is 5.56. The number of hydrogen-bond acceptors (Lipinski definition) is 3. The van der Waals surface area contributed by atoms with Crippen LogP contribution < -0.4 is 5.73 Å². The van der Waals surface area contributed by atoms with Crippen molar-refractivity contribution < 1.29 is 4.52 Å². The predicted molar refractivity (Wildman–Crippen MR) is 49.8 cm³/mol. The van der Waals surface area contributed by atoms with Crippen LogP contribution >= 0.6 is 15.9 Å². The molecular formula is C8H11BrN2O. The van der Waals surface area contributed by atoms with E-state index in [1.165, 1.54) is 25.7 Å².